The summed E-state index contributed by atoms with van der Waals surface area (Å²) in [5.41, 5.74) is 1.77. The molecule has 2 heterocycles. The molecule has 2 N–H and O–H groups in total. The van der Waals surface area contributed by atoms with Gasteiger partial charge in [0.05, 0.1) is 16.6 Å². The minimum absolute atomic E-state index is 0.0266. The van der Waals surface area contributed by atoms with Gasteiger partial charge in [0.15, 0.2) is 6.61 Å². The average Bonchev–Trinajstić information content (AvgIpc) is 2.75. The molecule has 170 valence electrons. The average molecular weight is 498 g/mol. The summed E-state index contributed by atoms with van der Waals surface area (Å²) >= 11 is 12.4. The van der Waals surface area contributed by atoms with Crippen LogP contribution in [0.2, 0.25) is 10.0 Å². The van der Waals surface area contributed by atoms with E-state index in [1.807, 2.05) is 6.92 Å². The number of amides is 2. The first-order chi connectivity index (χ1) is 15.1. The molecule has 0 bridgehead atoms. The molecule has 0 aromatic heterocycles. The molecule has 2 aliphatic rings. The lowest BCUT2D eigenvalue weighted by Crippen LogP contribution is -2.43. The van der Waals surface area contributed by atoms with Crippen molar-refractivity contribution < 1.29 is 22.7 Å². The standard InChI is InChI=1S/C21H21Cl2N3O5S/c1-12-4-5-14(7-15(12)22)24-21(28)13-3-2-6-26(10-13)32(29,30)19-9-18-17(8-16(19)23)25-20(27)11-31-18/h4-5,7-9,13H,2-3,6,10-11H2,1H3,(H,24,28)(H,25,27)/t13-/m1/s1. The monoisotopic (exact) mass is 497 g/mol. The number of benzene rings is 2. The van der Waals surface area contributed by atoms with Gasteiger partial charge in [-0.15, -0.1) is 0 Å². The number of hydrogen-bond donors (Lipinski definition) is 2. The van der Waals surface area contributed by atoms with E-state index in [1.165, 1.54) is 16.4 Å². The van der Waals surface area contributed by atoms with Gasteiger partial charge >= 0.3 is 0 Å². The van der Waals surface area contributed by atoms with Gasteiger partial charge in [0.25, 0.3) is 5.91 Å². The highest BCUT2D eigenvalue weighted by molar-refractivity contribution is 7.89. The number of rotatable bonds is 4. The Labute approximate surface area is 195 Å². The van der Waals surface area contributed by atoms with Crippen molar-refractivity contribution in [2.75, 3.05) is 30.3 Å². The zero-order valence-corrected chi connectivity index (χ0v) is 19.5. The lowest BCUT2D eigenvalue weighted by Gasteiger charge is -2.31. The SMILES string of the molecule is Cc1ccc(NC(=O)[C@@H]2CCCN(S(=O)(=O)c3cc4c(cc3Cl)NC(=O)CO4)C2)cc1Cl. The Morgan fingerprint density at radius 1 is 1.22 bits per heavy atom. The molecule has 2 amide bonds. The largest absolute Gasteiger partial charge is 0.482 e. The van der Waals surface area contributed by atoms with Crippen molar-refractivity contribution in [3.05, 3.63) is 45.9 Å². The number of carbonyl (C=O) groups is 2. The Hall–Kier alpha value is -2.33. The Morgan fingerprint density at radius 3 is 2.75 bits per heavy atom. The quantitative estimate of drug-likeness (QED) is 0.670. The van der Waals surface area contributed by atoms with Gasteiger partial charge in [-0.1, -0.05) is 29.3 Å². The van der Waals surface area contributed by atoms with Gasteiger partial charge in [-0.25, -0.2) is 8.42 Å². The third kappa shape index (κ3) is 4.56. The second-order valence-corrected chi connectivity index (χ2v) is 10.5. The number of sulfonamides is 1. The summed E-state index contributed by atoms with van der Waals surface area (Å²) in [6.07, 6.45) is 1.09. The number of hydrogen-bond acceptors (Lipinski definition) is 5. The number of halogens is 2. The number of nitrogens with one attached hydrogen (secondary N) is 2. The first-order valence-corrected chi connectivity index (χ1v) is 12.2. The molecule has 0 saturated carbocycles. The Kier molecular flexibility index (Phi) is 6.35. The van der Waals surface area contributed by atoms with E-state index in [9.17, 15) is 18.0 Å². The van der Waals surface area contributed by atoms with Crippen molar-refractivity contribution >= 4 is 56.4 Å². The highest BCUT2D eigenvalue weighted by atomic mass is 35.5. The lowest BCUT2D eigenvalue weighted by atomic mass is 9.98. The highest BCUT2D eigenvalue weighted by Gasteiger charge is 2.35. The van der Waals surface area contributed by atoms with Crippen molar-refractivity contribution in [3.8, 4) is 5.75 Å². The van der Waals surface area contributed by atoms with Crippen LogP contribution in [-0.4, -0.2) is 44.2 Å². The molecule has 0 aliphatic carbocycles. The third-order valence-electron chi connectivity index (χ3n) is 5.48. The fraction of sp³-hybridized carbons (Fsp3) is 0.333. The second-order valence-electron chi connectivity index (χ2n) is 7.77. The molecule has 2 aromatic rings. The normalized spacial score (nSPS) is 19.0. The van der Waals surface area contributed by atoms with Gasteiger partial charge in [0, 0.05) is 29.9 Å². The number of anilines is 2. The zero-order valence-electron chi connectivity index (χ0n) is 17.2. The van der Waals surface area contributed by atoms with Crippen LogP contribution in [0.4, 0.5) is 11.4 Å². The fourth-order valence-electron chi connectivity index (χ4n) is 3.71. The van der Waals surface area contributed by atoms with Crippen LogP contribution in [0, 0.1) is 12.8 Å². The summed E-state index contributed by atoms with van der Waals surface area (Å²) in [4.78, 5) is 24.2. The Bertz CT molecular complexity index is 1200. The van der Waals surface area contributed by atoms with Crippen LogP contribution in [-0.2, 0) is 19.6 Å². The maximum atomic E-state index is 13.3. The molecule has 4 rings (SSSR count). The molecule has 0 radical (unpaired) electrons. The van der Waals surface area contributed by atoms with Gasteiger partial charge in [-0.05, 0) is 43.5 Å². The topological polar surface area (TPSA) is 105 Å². The molecule has 32 heavy (non-hydrogen) atoms. The summed E-state index contributed by atoms with van der Waals surface area (Å²) in [7, 11) is -3.98. The van der Waals surface area contributed by atoms with Crippen molar-refractivity contribution in [1.82, 2.24) is 4.31 Å². The molecule has 0 spiro atoms. The van der Waals surface area contributed by atoms with Crippen LogP contribution in [0.1, 0.15) is 18.4 Å². The molecule has 1 atom stereocenters. The van der Waals surface area contributed by atoms with Crippen LogP contribution < -0.4 is 15.4 Å². The smallest absolute Gasteiger partial charge is 0.262 e. The van der Waals surface area contributed by atoms with Crippen molar-refractivity contribution in [1.29, 1.82) is 0 Å². The van der Waals surface area contributed by atoms with Crippen molar-refractivity contribution in [2.24, 2.45) is 5.92 Å². The van der Waals surface area contributed by atoms with Crippen LogP contribution >= 0.6 is 23.2 Å². The molecule has 2 aromatic carbocycles. The van der Waals surface area contributed by atoms with E-state index < -0.39 is 15.9 Å². The van der Waals surface area contributed by atoms with E-state index >= 15 is 0 Å². The van der Waals surface area contributed by atoms with E-state index in [0.29, 0.717) is 29.2 Å². The molecule has 2 aliphatic heterocycles. The predicted molar refractivity (Wildman–Crippen MR) is 122 cm³/mol. The van der Waals surface area contributed by atoms with Crippen molar-refractivity contribution in [2.45, 2.75) is 24.7 Å². The molecular weight excluding hydrogens is 477 g/mol. The molecule has 0 unspecified atom stereocenters. The van der Waals surface area contributed by atoms with Crippen LogP contribution in [0.5, 0.6) is 5.75 Å². The summed E-state index contributed by atoms with van der Waals surface area (Å²) < 4.78 is 33.2. The number of piperidine rings is 1. The summed E-state index contributed by atoms with van der Waals surface area (Å²) in [5.74, 6) is -0.906. The van der Waals surface area contributed by atoms with Crippen LogP contribution in [0.25, 0.3) is 0 Å². The minimum atomic E-state index is -3.98. The molecular formula is C21H21Cl2N3O5S. The van der Waals surface area contributed by atoms with Gasteiger partial charge < -0.3 is 15.4 Å². The van der Waals surface area contributed by atoms with E-state index in [2.05, 4.69) is 10.6 Å². The fourth-order valence-corrected chi connectivity index (χ4v) is 5.93. The first-order valence-electron chi connectivity index (χ1n) is 9.98. The second kappa shape index (κ2) is 8.90. The Balaban J connectivity index is 1.53. The maximum Gasteiger partial charge on any atom is 0.262 e. The van der Waals surface area contributed by atoms with Crippen molar-refractivity contribution in [3.63, 3.8) is 0 Å². The van der Waals surface area contributed by atoms with Gasteiger partial charge in [0.1, 0.15) is 10.6 Å². The van der Waals surface area contributed by atoms with E-state index in [4.69, 9.17) is 27.9 Å². The molecule has 1 saturated heterocycles. The number of fused-ring (bicyclic) bond motifs is 1. The number of nitrogens with zero attached hydrogens (tertiary/aromatic N) is 1. The van der Waals surface area contributed by atoms with Crippen LogP contribution in [0.15, 0.2) is 35.2 Å². The summed E-state index contributed by atoms with van der Waals surface area (Å²) in [6.45, 7) is 1.96. The molecule has 11 heteroatoms. The van der Waals surface area contributed by atoms with E-state index in [0.717, 1.165) is 5.56 Å². The molecule has 1 fully saturated rings. The highest BCUT2D eigenvalue weighted by Crippen LogP contribution is 2.37. The number of aryl methyl sites for hydroxylation is 1. The van der Waals surface area contributed by atoms with Gasteiger partial charge in [-0.2, -0.15) is 4.31 Å². The maximum absolute atomic E-state index is 13.3. The van der Waals surface area contributed by atoms with E-state index in [1.54, 1.807) is 18.2 Å². The van der Waals surface area contributed by atoms with Gasteiger partial charge in [-0.3, -0.25) is 9.59 Å². The molecule has 8 nitrogen and oxygen atoms in total. The lowest BCUT2D eigenvalue weighted by molar-refractivity contribution is -0.121. The van der Waals surface area contributed by atoms with Gasteiger partial charge in [0.2, 0.25) is 15.9 Å². The van der Waals surface area contributed by atoms with Crippen LogP contribution in [0.3, 0.4) is 0 Å². The number of carbonyl (C=O) groups excluding carboxylic acids is 2. The Morgan fingerprint density at radius 2 is 2.00 bits per heavy atom. The summed E-state index contributed by atoms with van der Waals surface area (Å²) in [6, 6.07) is 7.89. The summed E-state index contributed by atoms with van der Waals surface area (Å²) in [5, 5.41) is 5.92. The third-order valence-corrected chi connectivity index (χ3v) is 8.22. The number of ether oxygens (including phenoxy) is 1. The zero-order chi connectivity index (χ0) is 23.0. The first kappa shape index (κ1) is 22.8. The minimum Gasteiger partial charge on any atom is -0.482 e. The predicted octanol–water partition coefficient (Wildman–Crippen LogP) is 3.67. The van der Waals surface area contributed by atoms with E-state index in [-0.39, 0.29) is 47.2 Å².